The quantitative estimate of drug-likeness (QED) is 0.735. The number of nitrogens with zero attached hydrogens (tertiary/aromatic N) is 3. The lowest BCUT2D eigenvalue weighted by Crippen LogP contribution is -2.29. The number of carbonyl (C=O) groups is 1. The van der Waals surface area contributed by atoms with Gasteiger partial charge in [0, 0.05) is 44.3 Å². The van der Waals surface area contributed by atoms with E-state index in [-0.39, 0.29) is 5.91 Å². The Morgan fingerprint density at radius 2 is 1.80 bits per heavy atom. The van der Waals surface area contributed by atoms with E-state index >= 15 is 0 Å². The minimum absolute atomic E-state index is 0.0394. The summed E-state index contributed by atoms with van der Waals surface area (Å²) in [5.74, 6) is 0.608. The van der Waals surface area contributed by atoms with Crippen molar-refractivity contribution in [2.45, 2.75) is 12.8 Å². The minimum atomic E-state index is 0.0394. The van der Waals surface area contributed by atoms with Crippen LogP contribution in [0.3, 0.4) is 0 Å². The van der Waals surface area contributed by atoms with Crippen LogP contribution in [0.15, 0.2) is 43.0 Å². The van der Waals surface area contributed by atoms with Gasteiger partial charge in [-0.25, -0.2) is 9.97 Å². The number of rotatable bonds is 7. The van der Waals surface area contributed by atoms with Crippen LogP contribution >= 0.6 is 0 Å². The number of aromatic nitrogens is 3. The van der Waals surface area contributed by atoms with Crippen LogP contribution in [-0.2, 0) is 11.2 Å². The average Bonchev–Trinajstić information content (AvgIpc) is 2.52. The number of carbonyl (C=O) groups excluding carboxylic acids is 1. The normalized spacial score (nSPS) is 10.0. The van der Waals surface area contributed by atoms with E-state index in [0.717, 1.165) is 12.0 Å². The Kier molecular flexibility index (Phi) is 5.45. The number of hydrogen-bond donors (Lipinski definition) is 2. The number of amides is 1. The number of anilines is 1. The fourth-order valence-corrected chi connectivity index (χ4v) is 1.66. The van der Waals surface area contributed by atoms with Gasteiger partial charge in [-0.3, -0.25) is 9.78 Å². The van der Waals surface area contributed by atoms with Crippen molar-refractivity contribution in [3.8, 4) is 0 Å². The molecule has 0 aromatic carbocycles. The summed E-state index contributed by atoms with van der Waals surface area (Å²) in [6.45, 7) is 1.15. The van der Waals surface area contributed by atoms with Gasteiger partial charge in [-0.05, 0) is 30.2 Å². The molecule has 6 heteroatoms. The molecule has 6 nitrogen and oxygen atoms in total. The molecule has 0 aliphatic heterocycles. The molecule has 0 radical (unpaired) electrons. The highest BCUT2D eigenvalue weighted by Gasteiger charge is 2.01. The molecule has 2 aromatic rings. The van der Waals surface area contributed by atoms with Crippen molar-refractivity contribution in [3.05, 3.63) is 48.5 Å². The number of aryl methyl sites for hydroxylation is 1. The summed E-state index contributed by atoms with van der Waals surface area (Å²) >= 11 is 0. The lowest BCUT2D eigenvalue weighted by atomic mass is 10.1. The summed E-state index contributed by atoms with van der Waals surface area (Å²) in [6, 6.07) is 5.59. The second-order valence-corrected chi connectivity index (χ2v) is 4.20. The zero-order valence-corrected chi connectivity index (χ0v) is 11.1. The zero-order valence-electron chi connectivity index (χ0n) is 11.1. The van der Waals surface area contributed by atoms with Gasteiger partial charge in [-0.2, -0.15) is 0 Å². The summed E-state index contributed by atoms with van der Waals surface area (Å²) in [7, 11) is 0. The molecule has 0 aliphatic rings. The molecule has 0 aliphatic carbocycles. The molecule has 2 rings (SSSR count). The van der Waals surface area contributed by atoms with Gasteiger partial charge >= 0.3 is 0 Å². The Labute approximate surface area is 117 Å². The Morgan fingerprint density at radius 1 is 1.05 bits per heavy atom. The van der Waals surface area contributed by atoms with E-state index in [1.807, 2.05) is 12.1 Å². The fourth-order valence-electron chi connectivity index (χ4n) is 1.66. The Bertz CT molecular complexity index is 518. The molecule has 2 N–H and O–H groups in total. The Balaban J connectivity index is 1.59. The predicted molar refractivity (Wildman–Crippen MR) is 76.1 cm³/mol. The van der Waals surface area contributed by atoms with Crippen LogP contribution in [0.2, 0.25) is 0 Å². The standard InChI is InChI=1S/C14H17N5O/c20-13(3-2-12-4-8-15-9-5-12)16-10-11-19-14-17-6-1-7-18-14/h1,4-9H,2-3,10-11H2,(H,16,20)(H,17,18,19). The molecule has 0 atom stereocenters. The summed E-state index contributed by atoms with van der Waals surface area (Å²) in [5, 5.41) is 5.88. The molecule has 104 valence electrons. The van der Waals surface area contributed by atoms with Crippen molar-refractivity contribution in [1.29, 1.82) is 0 Å². The van der Waals surface area contributed by atoms with Crippen LogP contribution in [0.5, 0.6) is 0 Å². The molecule has 0 unspecified atom stereocenters. The number of pyridine rings is 1. The van der Waals surface area contributed by atoms with Crippen LogP contribution < -0.4 is 10.6 Å². The van der Waals surface area contributed by atoms with Crippen molar-refractivity contribution < 1.29 is 4.79 Å². The maximum atomic E-state index is 11.6. The van der Waals surface area contributed by atoms with Gasteiger partial charge in [0.25, 0.3) is 0 Å². The van der Waals surface area contributed by atoms with Crippen molar-refractivity contribution in [3.63, 3.8) is 0 Å². The largest absolute Gasteiger partial charge is 0.354 e. The third kappa shape index (κ3) is 5.01. The van der Waals surface area contributed by atoms with Gasteiger partial charge in [-0.15, -0.1) is 0 Å². The summed E-state index contributed by atoms with van der Waals surface area (Å²) in [4.78, 5) is 23.6. The topological polar surface area (TPSA) is 79.8 Å². The van der Waals surface area contributed by atoms with Crippen molar-refractivity contribution in [1.82, 2.24) is 20.3 Å². The molecule has 0 saturated heterocycles. The lowest BCUT2D eigenvalue weighted by molar-refractivity contribution is -0.120. The van der Waals surface area contributed by atoms with Crippen molar-refractivity contribution in [2.75, 3.05) is 18.4 Å². The smallest absolute Gasteiger partial charge is 0.222 e. The maximum Gasteiger partial charge on any atom is 0.222 e. The van der Waals surface area contributed by atoms with Crippen LogP contribution in [0.25, 0.3) is 0 Å². The molecule has 0 bridgehead atoms. The fraction of sp³-hybridized carbons (Fsp3) is 0.286. The minimum Gasteiger partial charge on any atom is -0.354 e. The van der Waals surface area contributed by atoms with Crippen LogP contribution in [0.4, 0.5) is 5.95 Å². The SMILES string of the molecule is O=C(CCc1ccncc1)NCCNc1ncccn1. The first-order chi connectivity index (χ1) is 9.84. The van der Waals surface area contributed by atoms with E-state index in [9.17, 15) is 4.79 Å². The first kappa shape index (κ1) is 13.9. The van der Waals surface area contributed by atoms with E-state index < -0.39 is 0 Å². The second kappa shape index (κ2) is 7.83. The highest BCUT2D eigenvalue weighted by Crippen LogP contribution is 2.00. The van der Waals surface area contributed by atoms with Gasteiger partial charge in [0.05, 0.1) is 0 Å². The van der Waals surface area contributed by atoms with Gasteiger partial charge in [0.1, 0.15) is 0 Å². The summed E-state index contributed by atoms with van der Waals surface area (Å²) in [6.07, 6.45) is 8.01. The predicted octanol–water partition coefficient (Wildman–Crippen LogP) is 1.03. The van der Waals surface area contributed by atoms with Gasteiger partial charge in [0.15, 0.2) is 0 Å². The molecular formula is C14H17N5O. The molecule has 20 heavy (non-hydrogen) atoms. The zero-order chi connectivity index (χ0) is 14.0. The van der Waals surface area contributed by atoms with E-state index in [2.05, 4.69) is 25.6 Å². The lowest BCUT2D eigenvalue weighted by Gasteiger charge is -2.06. The third-order valence-corrected chi connectivity index (χ3v) is 2.69. The highest BCUT2D eigenvalue weighted by molar-refractivity contribution is 5.76. The monoisotopic (exact) mass is 271 g/mol. The second-order valence-electron chi connectivity index (χ2n) is 4.20. The molecule has 2 aromatic heterocycles. The van der Waals surface area contributed by atoms with E-state index in [1.54, 1.807) is 30.9 Å². The Hall–Kier alpha value is -2.50. The van der Waals surface area contributed by atoms with Crippen LogP contribution in [-0.4, -0.2) is 33.9 Å². The number of hydrogen-bond acceptors (Lipinski definition) is 5. The molecule has 1 amide bonds. The van der Waals surface area contributed by atoms with Gasteiger partial charge in [-0.1, -0.05) is 0 Å². The first-order valence-corrected chi connectivity index (χ1v) is 6.51. The van der Waals surface area contributed by atoms with Crippen molar-refractivity contribution >= 4 is 11.9 Å². The van der Waals surface area contributed by atoms with E-state index in [0.29, 0.717) is 25.5 Å². The van der Waals surface area contributed by atoms with E-state index in [1.165, 1.54) is 0 Å². The molecular weight excluding hydrogens is 254 g/mol. The molecule has 0 saturated carbocycles. The van der Waals surface area contributed by atoms with Gasteiger partial charge in [0.2, 0.25) is 11.9 Å². The summed E-state index contributed by atoms with van der Waals surface area (Å²) < 4.78 is 0. The summed E-state index contributed by atoms with van der Waals surface area (Å²) in [5.41, 5.74) is 1.12. The average molecular weight is 271 g/mol. The molecule has 2 heterocycles. The molecule has 0 spiro atoms. The van der Waals surface area contributed by atoms with Crippen LogP contribution in [0, 0.1) is 0 Å². The van der Waals surface area contributed by atoms with Gasteiger partial charge < -0.3 is 10.6 Å². The number of nitrogens with one attached hydrogen (secondary N) is 2. The van der Waals surface area contributed by atoms with Crippen LogP contribution in [0.1, 0.15) is 12.0 Å². The first-order valence-electron chi connectivity index (χ1n) is 6.51. The maximum absolute atomic E-state index is 11.6. The molecule has 0 fully saturated rings. The van der Waals surface area contributed by atoms with E-state index in [4.69, 9.17) is 0 Å². The highest BCUT2D eigenvalue weighted by atomic mass is 16.1. The Morgan fingerprint density at radius 3 is 2.55 bits per heavy atom. The van der Waals surface area contributed by atoms with Crippen molar-refractivity contribution in [2.24, 2.45) is 0 Å². The third-order valence-electron chi connectivity index (χ3n) is 2.69.